The van der Waals surface area contributed by atoms with Gasteiger partial charge in [-0.25, -0.2) is 4.98 Å². The molecule has 0 spiro atoms. The van der Waals surface area contributed by atoms with Gasteiger partial charge in [-0.3, -0.25) is 10.1 Å². The SMILES string of the molecule is COCC1(CNc2ncc([N+](=O)[O-])cc2C)CCNCC1. The van der Waals surface area contributed by atoms with Gasteiger partial charge in [-0.2, -0.15) is 0 Å². The number of hydrogen-bond donors (Lipinski definition) is 2. The smallest absolute Gasteiger partial charge is 0.287 e. The van der Waals surface area contributed by atoms with Gasteiger partial charge in [0, 0.05) is 25.1 Å². The monoisotopic (exact) mass is 294 g/mol. The fraction of sp³-hybridized carbons (Fsp3) is 0.643. The molecule has 0 atom stereocenters. The molecule has 0 saturated carbocycles. The van der Waals surface area contributed by atoms with E-state index in [1.54, 1.807) is 13.2 Å². The Balaban J connectivity index is 2.05. The van der Waals surface area contributed by atoms with Crippen LogP contribution in [0.4, 0.5) is 11.5 Å². The molecule has 7 heteroatoms. The fourth-order valence-corrected chi connectivity index (χ4v) is 2.75. The average Bonchev–Trinajstić information content (AvgIpc) is 2.47. The molecule has 0 amide bonds. The van der Waals surface area contributed by atoms with Crippen LogP contribution >= 0.6 is 0 Å². The van der Waals surface area contributed by atoms with Crippen LogP contribution in [0, 0.1) is 22.5 Å². The van der Waals surface area contributed by atoms with Gasteiger partial charge in [-0.15, -0.1) is 0 Å². The van der Waals surface area contributed by atoms with E-state index in [0.29, 0.717) is 12.4 Å². The van der Waals surface area contributed by atoms with E-state index in [1.165, 1.54) is 6.20 Å². The lowest BCUT2D eigenvalue weighted by Gasteiger charge is -2.37. The van der Waals surface area contributed by atoms with E-state index in [9.17, 15) is 10.1 Å². The van der Waals surface area contributed by atoms with Crippen LogP contribution < -0.4 is 10.6 Å². The van der Waals surface area contributed by atoms with Crippen molar-refractivity contribution in [2.75, 3.05) is 38.7 Å². The Bertz CT molecular complexity index is 495. The summed E-state index contributed by atoms with van der Waals surface area (Å²) in [5.41, 5.74) is 0.896. The van der Waals surface area contributed by atoms with E-state index in [1.807, 2.05) is 6.92 Å². The maximum absolute atomic E-state index is 10.7. The summed E-state index contributed by atoms with van der Waals surface area (Å²) < 4.78 is 5.38. The molecule has 0 unspecified atom stereocenters. The molecule has 1 aromatic rings. The summed E-state index contributed by atoms with van der Waals surface area (Å²) in [6, 6.07) is 1.54. The van der Waals surface area contributed by atoms with Crippen molar-refractivity contribution in [1.29, 1.82) is 0 Å². The van der Waals surface area contributed by atoms with E-state index >= 15 is 0 Å². The first-order chi connectivity index (χ1) is 10.1. The van der Waals surface area contributed by atoms with Crippen molar-refractivity contribution in [3.8, 4) is 0 Å². The van der Waals surface area contributed by atoms with E-state index in [4.69, 9.17) is 4.74 Å². The largest absolute Gasteiger partial charge is 0.384 e. The van der Waals surface area contributed by atoms with Gasteiger partial charge in [0.15, 0.2) is 0 Å². The number of piperidine rings is 1. The standard InChI is InChI=1S/C14H22N4O3/c1-11-7-12(18(19)20)8-16-13(11)17-9-14(10-21-2)3-5-15-6-4-14/h7-8,15H,3-6,9-10H2,1-2H3,(H,16,17). The van der Waals surface area contributed by atoms with Gasteiger partial charge >= 0.3 is 0 Å². The highest BCUT2D eigenvalue weighted by Crippen LogP contribution is 2.30. The summed E-state index contributed by atoms with van der Waals surface area (Å²) in [6.07, 6.45) is 3.38. The summed E-state index contributed by atoms with van der Waals surface area (Å²) in [5.74, 6) is 0.703. The lowest BCUT2D eigenvalue weighted by atomic mass is 9.79. The van der Waals surface area contributed by atoms with Crippen LogP contribution in [0.25, 0.3) is 0 Å². The van der Waals surface area contributed by atoms with Crippen LogP contribution in [-0.4, -0.2) is 43.3 Å². The van der Waals surface area contributed by atoms with E-state index in [-0.39, 0.29) is 11.1 Å². The molecule has 1 aliphatic rings. The van der Waals surface area contributed by atoms with Crippen molar-refractivity contribution in [3.05, 3.63) is 27.9 Å². The van der Waals surface area contributed by atoms with Crippen molar-refractivity contribution >= 4 is 11.5 Å². The van der Waals surface area contributed by atoms with Crippen LogP contribution in [0.3, 0.4) is 0 Å². The number of ether oxygens (including phenoxy) is 1. The second-order valence-electron chi connectivity index (χ2n) is 5.65. The van der Waals surface area contributed by atoms with Crippen molar-refractivity contribution in [1.82, 2.24) is 10.3 Å². The summed E-state index contributed by atoms with van der Waals surface area (Å²) >= 11 is 0. The third-order valence-corrected chi connectivity index (χ3v) is 4.02. The second-order valence-corrected chi connectivity index (χ2v) is 5.65. The number of nitrogens with zero attached hydrogens (tertiary/aromatic N) is 2. The third-order valence-electron chi connectivity index (χ3n) is 4.02. The molecular formula is C14H22N4O3. The van der Waals surface area contributed by atoms with Crippen LogP contribution in [0.2, 0.25) is 0 Å². The van der Waals surface area contributed by atoms with Crippen LogP contribution in [-0.2, 0) is 4.74 Å². The lowest BCUT2D eigenvalue weighted by molar-refractivity contribution is -0.385. The van der Waals surface area contributed by atoms with Gasteiger partial charge < -0.3 is 15.4 Å². The molecule has 0 aromatic carbocycles. The normalized spacial score (nSPS) is 17.4. The molecule has 7 nitrogen and oxygen atoms in total. The number of hydrogen-bond acceptors (Lipinski definition) is 6. The van der Waals surface area contributed by atoms with Crippen molar-refractivity contribution in [2.24, 2.45) is 5.41 Å². The molecular weight excluding hydrogens is 272 g/mol. The number of rotatable bonds is 6. The third kappa shape index (κ3) is 3.89. The zero-order valence-corrected chi connectivity index (χ0v) is 12.5. The molecule has 0 bridgehead atoms. The predicted molar refractivity (Wildman–Crippen MR) is 80.5 cm³/mol. The summed E-state index contributed by atoms with van der Waals surface area (Å²) in [4.78, 5) is 14.5. The first kappa shape index (κ1) is 15.7. The molecule has 0 aliphatic carbocycles. The minimum atomic E-state index is -0.428. The Morgan fingerprint density at radius 3 is 2.81 bits per heavy atom. The number of pyridine rings is 1. The summed E-state index contributed by atoms with van der Waals surface area (Å²) in [7, 11) is 1.72. The minimum Gasteiger partial charge on any atom is -0.384 e. The molecule has 2 rings (SSSR count). The summed E-state index contributed by atoms with van der Waals surface area (Å²) in [5, 5.41) is 17.4. The molecule has 21 heavy (non-hydrogen) atoms. The van der Waals surface area contributed by atoms with Crippen LogP contribution in [0.1, 0.15) is 18.4 Å². The van der Waals surface area contributed by atoms with Gasteiger partial charge in [0.25, 0.3) is 5.69 Å². The number of aromatic nitrogens is 1. The average molecular weight is 294 g/mol. The maximum Gasteiger partial charge on any atom is 0.287 e. The molecule has 116 valence electrons. The number of aryl methyl sites for hydroxylation is 1. The first-order valence-electron chi connectivity index (χ1n) is 7.11. The summed E-state index contributed by atoms with van der Waals surface area (Å²) in [6.45, 7) is 5.26. The van der Waals surface area contributed by atoms with Crippen molar-refractivity contribution in [2.45, 2.75) is 19.8 Å². The molecule has 2 heterocycles. The first-order valence-corrected chi connectivity index (χ1v) is 7.11. The topological polar surface area (TPSA) is 89.3 Å². The maximum atomic E-state index is 10.7. The lowest BCUT2D eigenvalue weighted by Crippen LogP contribution is -2.44. The predicted octanol–water partition coefficient (Wildman–Crippen LogP) is 1.73. The molecule has 1 saturated heterocycles. The van der Waals surface area contributed by atoms with E-state index in [0.717, 1.165) is 38.0 Å². The van der Waals surface area contributed by atoms with Gasteiger partial charge in [0.05, 0.1) is 11.5 Å². The molecule has 0 radical (unpaired) electrons. The molecule has 2 N–H and O–H groups in total. The number of anilines is 1. The Kier molecular flexibility index (Phi) is 5.08. The Morgan fingerprint density at radius 1 is 1.52 bits per heavy atom. The Hall–Kier alpha value is -1.73. The molecule has 1 aliphatic heterocycles. The van der Waals surface area contributed by atoms with Crippen molar-refractivity contribution in [3.63, 3.8) is 0 Å². The quantitative estimate of drug-likeness (QED) is 0.613. The van der Waals surface area contributed by atoms with Gasteiger partial charge in [-0.1, -0.05) is 0 Å². The number of methoxy groups -OCH3 is 1. The van der Waals surface area contributed by atoms with Gasteiger partial charge in [0.2, 0.25) is 0 Å². The van der Waals surface area contributed by atoms with Gasteiger partial charge in [0.1, 0.15) is 12.0 Å². The minimum absolute atomic E-state index is 0.0199. The van der Waals surface area contributed by atoms with Crippen molar-refractivity contribution < 1.29 is 9.66 Å². The highest BCUT2D eigenvalue weighted by atomic mass is 16.6. The zero-order valence-electron chi connectivity index (χ0n) is 12.5. The molecule has 1 aromatic heterocycles. The van der Waals surface area contributed by atoms with E-state index < -0.39 is 4.92 Å². The molecule has 1 fully saturated rings. The highest BCUT2D eigenvalue weighted by Gasteiger charge is 2.32. The fourth-order valence-electron chi connectivity index (χ4n) is 2.75. The zero-order chi connectivity index (χ0) is 15.3. The highest BCUT2D eigenvalue weighted by molar-refractivity contribution is 5.48. The Morgan fingerprint density at radius 2 is 2.24 bits per heavy atom. The van der Waals surface area contributed by atoms with Crippen LogP contribution in [0.15, 0.2) is 12.3 Å². The number of nitrogens with one attached hydrogen (secondary N) is 2. The van der Waals surface area contributed by atoms with E-state index in [2.05, 4.69) is 15.6 Å². The van der Waals surface area contributed by atoms with Crippen LogP contribution in [0.5, 0.6) is 0 Å². The number of nitro groups is 1. The van der Waals surface area contributed by atoms with Gasteiger partial charge in [-0.05, 0) is 38.4 Å². The second kappa shape index (κ2) is 6.82. The Labute approximate surface area is 124 Å².